The fraction of sp³-hybridized carbons (Fsp3) is 0.625. The van der Waals surface area contributed by atoms with Gasteiger partial charge in [0.05, 0.1) is 0 Å². The van der Waals surface area contributed by atoms with Crippen LogP contribution in [0.25, 0.3) is 0 Å². The summed E-state index contributed by atoms with van der Waals surface area (Å²) in [6, 6.07) is 0. The number of ether oxygens (including phenoxy) is 1. The third kappa shape index (κ3) is 2.75. The second kappa shape index (κ2) is 6.53. The van der Waals surface area contributed by atoms with Crippen LogP contribution in [0.5, 0.6) is 0 Å². The van der Waals surface area contributed by atoms with Crippen molar-refractivity contribution in [3.05, 3.63) is 35.5 Å². The molecule has 0 bridgehead atoms. The average molecular weight is 383 g/mol. The number of Topliss-reactive ketones (excluding diaryl/α,β-unsaturated/α-hetero) is 1. The zero-order valence-corrected chi connectivity index (χ0v) is 17.3. The Labute approximate surface area is 167 Å². The average Bonchev–Trinajstić information content (AvgIpc) is 2.90. The van der Waals surface area contributed by atoms with Crippen molar-refractivity contribution in [1.29, 1.82) is 0 Å². The van der Waals surface area contributed by atoms with Gasteiger partial charge in [-0.1, -0.05) is 37.1 Å². The van der Waals surface area contributed by atoms with E-state index in [0.29, 0.717) is 17.8 Å². The fourth-order valence-corrected chi connectivity index (χ4v) is 6.84. The van der Waals surface area contributed by atoms with E-state index in [1.165, 1.54) is 18.1 Å². The number of ketones is 2. The van der Waals surface area contributed by atoms with E-state index in [2.05, 4.69) is 32.9 Å². The number of carbonyl (C=O) groups excluding carboxylic acids is 3. The Hall–Kier alpha value is -1.97. The van der Waals surface area contributed by atoms with E-state index in [1.807, 2.05) is 6.08 Å². The quantitative estimate of drug-likeness (QED) is 0.542. The Balaban J connectivity index is 1.66. The van der Waals surface area contributed by atoms with Crippen molar-refractivity contribution in [2.45, 2.75) is 53.4 Å². The summed E-state index contributed by atoms with van der Waals surface area (Å²) in [6.07, 6.45) is 11.9. The highest BCUT2D eigenvalue weighted by molar-refractivity contribution is 6.01. The molecule has 28 heavy (non-hydrogen) atoms. The third-order valence-electron chi connectivity index (χ3n) is 8.05. The van der Waals surface area contributed by atoms with Gasteiger partial charge in [0.2, 0.25) is 0 Å². The topological polar surface area (TPSA) is 60.4 Å². The maximum atomic E-state index is 13.0. The first-order valence-electron chi connectivity index (χ1n) is 10.5. The van der Waals surface area contributed by atoms with Crippen molar-refractivity contribution in [2.75, 3.05) is 6.61 Å². The first kappa shape index (κ1) is 19.4. The van der Waals surface area contributed by atoms with Crippen LogP contribution in [0.4, 0.5) is 0 Å². The minimum Gasteiger partial charge on any atom is -0.458 e. The molecule has 0 aromatic carbocycles. The predicted molar refractivity (Wildman–Crippen MR) is 106 cm³/mol. The molecule has 150 valence electrons. The number of esters is 1. The van der Waals surface area contributed by atoms with Crippen LogP contribution < -0.4 is 0 Å². The van der Waals surface area contributed by atoms with Gasteiger partial charge >= 0.3 is 5.97 Å². The monoisotopic (exact) mass is 382 g/mol. The lowest BCUT2D eigenvalue weighted by molar-refractivity contribution is -0.148. The predicted octanol–water partition coefficient (Wildman–Crippen LogP) is 4.21. The summed E-state index contributed by atoms with van der Waals surface area (Å²) >= 11 is 0. The molecule has 4 aliphatic carbocycles. The van der Waals surface area contributed by atoms with Crippen LogP contribution in [0.1, 0.15) is 53.4 Å². The van der Waals surface area contributed by atoms with Gasteiger partial charge in [0.25, 0.3) is 0 Å². The molecule has 4 aliphatic rings. The lowest BCUT2D eigenvalue weighted by Gasteiger charge is -2.52. The van der Waals surface area contributed by atoms with Gasteiger partial charge in [0.15, 0.2) is 11.6 Å². The summed E-state index contributed by atoms with van der Waals surface area (Å²) in [5, 5.41) is 0. The molecule has 0 saturated heterocycles. The van der Waals surface area contributed by atoms with Crippen molar-refractivity contribution in [3.63, 3.8) is 0 Å². The standard InChI is InChI=1S/C24H30O4/c1-14-11-20-18-6-5-16-12-17(26)7-9-23(16,3)19(18)8-10-24(20,4)22(14)21(27)13-28-15(2)25/h7-9,12,14,18,20,22H,5-6,10-11,13H2,1-4H3/t14-,18-,20-,22-,23-,24+/m1/s1. The maximum Gasteiger partial charge on any atom is 0.303 e. The lowest BCUT2D eigenvalue weighted by Crippen LogP contribution is -2.45. The Bertz CT molecular complexity index is 832. The van der Waals surface area contributed by atoms with Crippen LogP contribution in [0.2, 0.25) is 0 Å². The highest BCUT2D eigenvalue weighted by atomic mass is 16.5. The van der Waals surface area contributed by atoms with Crippen molar-refractivity contribution in [2.24, 2.45) is 34.5 Å². The summed E-state index contributed by atoms with van der Waals surface area (Å²) in [5.74, 6) is 0.894. The normalized spacial score (nSPS) is 41.4. The molecule has 0 aromatic rings. The van der Waals surface area contributed by atoms with Crippen LogP contribution in [0.15, 0.2) is 35.5 Å². The van der Waals surface area contributed by atoms with E-state index in [9.17, 15) is 14.4 Å². The van der Waals surface area contributed by atoms with Gasteiger partial charge in [0.1, 0.15) is 6.61 Å². The van der Waals surface area contributed by atoms with E-state index in [0.717, 1.165) is 25.7 Å². The van der Waals surface area contributed by atoms with Gasteiger partial charge in [-0.05, 0) is 67.9 Å². The molecule has 0 aromatic heterocycles. The number of fused-ring (bicyclic) bond motifs is 5. The van der Waals surface area contributed by atoms with Gasteiger partial charge in [-0.25, -0.2) is 0 Å². The second-order valence-corrected chi connectivity index (χ2v) is 9.67. The molecule has 0 aliphatic heterocycles. The number of hydrogen-bond donors (Lipinski definition) is 0. The molecule has 6 atom stereocenters. The SMILES string of the molecule is CC(=O)OCC(=O)[C@H]1[C@H](C)C[C@@H]2[C@@H]3CCC4=CC(=O)C=C[C@@]4(C)C3=CC[C@@]21C. The highest BCUT2D eigenvalue weighted by Gasteiger charge is 2.59. The van der Waals surface area contributed by atoms with Crippen LogP contribution in [-0.4, -0.2) is 24.1 Å². The zero-order chi connectivity index (χ0) is 20.3. The smallest absolute Gasteiger partial charge is 0.303 e. The van der Waals surface area contributed by atoms with Crippen LogP contribution in [0, 0.1) is 34.5 Å². The van der Waals surface area contributed by atoms with Gasteiger partial charge in [0, 0.05) is 18.3 Å². The van der Waals surface area contributed by atoms with Crippen molar-refractivity contribution >= 4 is 17.5 Å². The van der Waals surface area contributed by atoms with Gasteiger partial charge < -0.3 is 4.74 Å². The zero-order valence-electron chi connectivity index (χ0n) is 17.3. The van der Waals surface area contributed by atoms with Crippen LogP contribution in [-0.2, 0) is 19.1 Å². The molecule has 0 unspecified atom stereocenters. The van der Waals surface area contributed by atoms with E-state index < -0.39 is 5.97 Å². The molecule has 4 nitrogen and oxygen atoms in total. The first-order chi connectivity index (χ1) is 13.2. The lowest BCUT2D eigenvalue weighted by atomic mass is 9.52. The van der Waals surface area contributed by atoms with Gasteiger partial charge in [-0.2, -0.15) is 0 Å². The summed E-state index contributed by atoms with van der Waals surface area (Å²) in [5.41, 5.74) is 2.44. The Morgan fingerprint density at radius 2 is 2.04 bits per heavy atom. The summed E-state index contributed by atoms with van der Waals surface area (Å²) < 4.78 is 5.04. The molecule has 0 radical (unpaired) electrons. The minimum absolute atomic E-state index is 0.0651. The van der Waals surface area contributed by atoms with Gasteiger partial charge in [-0.3, -0.25) is 14.4 Å². The third-order valence-corrected chi connectivity index (χ3v) is 8.05. The molecule has 4 rings (SSSR count). The first-order valence-corrected chi connectivity index (χ1v) is 10.5. The molecule has 0 N–H and O–H groups in total. The molecule has 0 heterocycles. The number of hydrogen-bond acceptors (Lipinski definition) is 4. The molecule has 2 fully saturated rings. The fourth-order valence-electron chi connectivity index (χ4n) is 6.84. The van der Waals surface area contributed by atoms with Crippen LogP contribution in [0.3, 0.4) is 0 Å². The van der Waals surface area contributed by atoms with Crippen molar-refractivity contribution < 1.29 is 19.1 Å². The van der Waals surface area contributed by atoms with Crippen molar-refractivity contribution in [3.8, 4) is 0 Å². The van der Waals surface area contributed by atoms with Crippen molar-refractivity contribution in [1.82, 2.24) is 0 Å². The summed E-state index contributed by atoms with van der Waals surface area (Å²) in [7, 11) is 0. The van der Waals surface area contributed by atoms with E-state index >= 15 is 0 Å². The highest BCUT2D eigenvalue weighted by Crippen LogP contribution is 2.65. The number of allylic oxidation sites excluding steroid dienone is 6. The Morgan fingerprint density at radius 1 is 1.29 bits per heavy atom. The summed E-state index contributed by atoms with van der Waals surface area (Å²) in [6.45, 7) is 7.92. The Morgan fingerprint density at radius 3 is 2.75 bits per heavy atom. The molecule has 4 heteroatoms. The molecular weight excluding hydrogens is 352 g/mol. The maximum absolute atomic E-state index is 13.0. The van der Waals surface area contributed by atoms with E-state index in [4.69, 9.17) is 4.74 Å². The Kier molecular flexibility index (Phi) is 4.52. The van der Waals surface area contributed by atoms with Gasteiger partial charge in [-0.15, -0.1) is 0 Å². The second-order valence-electron chi connectivity index (χ2n) is 9.67. The number of carbonyl (C=O) groups is 3. The molecule has 2 saturated carbocycles. The molecule has 0 spiro atoms. The molecule has 0 amide bonds. The summed E-state index contributed by atoms with van der Waals surface area (Å²) in [4.78, 5) is 36.0. The number of rotatable bonds is 3. The van der Waals surface area contributed by atoms with E-state index in [-0.39, 0.29) is 34.9 Å². The minimum atomic E-state index is -0.398. The van der Waals surface area contributed by atoms with Crippen LogP contribution >= 0.6 is 0 Å². The van der Waals surface area contributed by atoms with E-state index in [1.54, 1.807) is 6.08 Å². The molecular formula is C24H30O4. The largest absolute Gasteiger partial charge is 0.458 e.